The summed E-state index contributed by atoms with van der Waals surface area (Å²) in [6.45, 7) is 0. The van der Waals surface area contributed by atoms with Crippen LogP contribution in [0.5, 0.6) is 0 Å². The van der Waals surface area contributed by atoms with Gasteiger partial charge in [0.2, 0.25) is 0 Å². The van der Waals surface area contributed by atoms with Crippen molar-refractivity contribution in [3.8, 4) is 0 Å². The van der Waals surface area contributed by atoms with Crippen LogP contribution in [0.15, 0.2) is 92.8 Å². The molecule has 11 rings (SSSR count). The predicted octanol–water partition coefficient (Wildman–Crippen LogP) is 11.0. The monoisotopic (exact) mass is 1340 g/mol. The molecule has 14 heteroatoms. The largest absolute Gasteiger partial charge is 0.499 e. The van der Waals surface area contributed by atoms with E-state index in [2.05, 4.69) is 217 Å². The van der Waals surface area contributed by atoms with Gasteiger partial charge in [0.25, 0.3) is 0 Å². The molecule has 0 unspecified atom stereocenters. The highest BCUT2D eigenvalue weighted by Gasteiger charge is 2.36. The molecule has 0 N–H and O–H groups in total. The van der Waals surface area contributed by atoms with Gasteiger partial charge in [-0.1, -0.05) is 0 Å². The lowest BCUT2D eigenvalue weighted by atomic mass is 10.0. The number of hydrogen-bond donors (Lipinski definition) is 0. The SMILES string of the molecule is ClB1n2c3c4cc5cc(I)c(I)cc5cc4c2N=c2c4cc5cc(I)c(I)cc5cc4c(n21)=NC1=NC(=N3)c2cc3cc(I)c(I)cc3cc21. The van der Waals surface area contributed by atoms with Crippen molar-refractivity contribution in [1.82, 2.24) is 8.96 Å². The Morgan fingerprint density at radius 1 is 0.400 bits per heavy atom. The lowest BCUT2D eigenvalue weighted by Crippen LogP contribution is -2.44. The van der Waals surface area contributed by atoms with Crippen LogP contribution in [-0.2, 0) is 0 Å². The number of benzene rings is 6. The third-order valence-electron chi connectivity index (χ3n) is 9.68. The maximum atomic E-state index is 7.67. The number of aromatic nitrogens is 2. The van der Waals surface area contributed by atoms with Gasteiger partial charge in [-0.25, -0.2) is 20.0 Å². The Morgan fingerprint density at radius 3 is 1.22 bits per heavy atom. The van der Waals surface area contributed by atoms with Crippen molar-refractivity contribution in [2.45, 2.75) is 0 Å². The van der Waals surface area contributed by atoms with Crippen LogP contribution < -0.4 is 11.0 Å². The summed E-state index contributed by atoms with van der Waals surface area (Å²) in [5.74, 6) is 2.78. The molecule has 0 radical (unpaired) electrons. The van der Waals surface area contributed by atoms with Crippen molar-refractivity contribution >= 4 is 231 Å². The Balaban J connectivity index is 1.35. The molecule has 50 heavy (non-hydrogen) atoms. The quantitative estimate of drug-likeness (QED) is 0.107. The first-order valence-corrected chi connectivity index (χ1v) is 22.1. The number of fused-ring (bicyclic) bond motifs is 13. The number of nitrogens with zero attached hydrogens (tertiary/aromatic N) is 6. The smallest absolute Gasteiger partial charge is 0.319 e. The molecule has 3 aliphatic rings. The zero-order chi connectivity index (χ0) is 33.9. The first kappa shape index (κ1) is 32.3. The number of aliphatic imine (C=N–C) groups is 2. The van der Waals surface area contributed by atoms with E-state index < -0.39 is 6.40 Å². The van der Waals surface area contributed by atoms with Crippen molar-refractivity contribution in [1.29, 1.82) is 0 Å². The van der Waals surface area contributed by atoms with Gasteiger partial charge < -0.3 is 8.96 Å². The minimum atomic E-state index is -0.661. The predicted molar refractivity (Wildman–Crippen MR) is 256 cm³/mol. The number of halogens is 7. The lowest BCUT2D eigenvalue weighted by Gasteiger charge is -2.18. The number of amidine groups is 2. The Kier molecular flexibility index (Phi) is 7.39. The highest BCUT2D eigenvalue weighted by molar-refractivity contribution is 14.1. The number of rotatable bonds is 0. The highest BCUT2D eigenvalue weighted by Crippen LogP contribution is 2.44. The molecule has 0 atom stereocenters. The molecule has 4 bridgehead atoms. The summed E-state index contributed by atoms with van der Waals surface area (Å²) in [5.41, 5.74) is 3.45. The van der Waals surface area contributed by atoms with Crippen LogP contribution in [0.25, 0.3) is 53.9 Å². The average Bonchev–Trinajstić information content (AvgIpc) is 3.67. The Labute approximate surface area is 370 Å². The molecule has 5 heterocycles. The van der Waals surface area contributed by atoms with Crippen molar-refractivity contribution < 1.29 is 0 Å². The Morgan fingerprint density at radius 2 is 0.760 bits per heavy atom. The molecule has 238 valence electrons. The summed E-state index contributed by atoms with van der Waals surface area (Å²) < 4.78 is 11.4. The van der Waals surface area contributed by atoms with E-state index in [1.165, 1.54) is 21.4 Å². The van der Waals surface area contributed by atoms with Crippen LogP contribution in [0.4, 0.5) is 11.6 Å². The van der Waals surface area contributed by atoms with E-state index in [4.69, 9.17) is 31.4 Å². The summed E-state index contributed by atoms with van der Waals surface area (Å²) in [4.78, 5) is 21.4. The molecule has 8 aromatic rings. The lowest BCUT2D eigenvalue weighted by molar-refractivity contribution is 0.938. The van der Waals surface area contributed by atoms with Crippen molar-refractivity contribution in [3.63, 3.8) is 0 Å². The van der Waals surface area contributed by atoms with Crippen LogP contribution in [0.3, 0.4) is 0 Å². The van der Waals surface area contributed by atoms with Gasteiger partial charge in [0, 0.05) is 54.1 Å². The second-order valence-electron chi connectivity index (χ2n) is 12.5. The van der Waals surface area contributed by atoms with Crippen molar-refractivity contribution in [3.05, 3.63) is 116 Å². The van der Waals surface area contributed by atoms with E-state index in [1.54, 1.807) is 0 Å². The molecule has 0 fully saturated rings. The molecule has 0 saturated carbocycles. The van der Waals surface area contributed by atoms with Gasteiger partial charge in [0.15, 0.2) is 11.7 Å². The zero-order valence-corrected chi connectivity index (χ0v) is 38.5. The van der Waals surface area contributed by atoms with E-state index >= 15 is 0 Å². The third-order valence-corrected chi connectivity index (χ3v) is 18.5. The summed E-state index contributed by atoms with van der Waals surface area (Å²) in [5, 5.41) is 10.9. The fourth-order valence-electron chi connectivity index (χ4n) is 7.38. The van der Waals surface area contributed by atoms with E-state index in [1.807, 2.05) is 0 Å². The van der Waals surface area contributed by atoms with Gasteiger partial charge in [0.05, 0.1) is 0 Å². The third kappa shape index (κ3) is 4.57. The summed E-state index contributed by atoms with van der Waals surface area (Å²) in [7, 11) is 0. The summed E-state index contributed by atoms with van der Waals surface area (Å²) in [6, 6.07) is 26.8. The second kappa shape index (κ2) is 11.4. The fraction of sp³-hybridized carbons (Fsp3) is 0. The number of hydrogen-bond acceptors (Lipinski definition) is 4. The first-order valence-electron chi connectivity index (χ1n) is 15.2. The van der Waals surface area contributed by atoms with E-state index in [9.17, 15) is 0 Å². The molecule has 0 spiro atoms. The van der Waals surface area contributed by atoms with Gasteiger partial charge >= 0.3 is 6.40 Å². The van der Waals surface area contributed by atoms with Crippen LogP contribution in [0, 0.1) is 21.4 Å². The van der Waals surface area contributed by atoms with Gasteiger partial charge in [-0.3, -0.25) is 0 Å². The van der Waals surface area contributed by atoms with E-state index in [0.29, 0.717) is 11.7 Å². The van der Waals surface area contributed by atoms with Crippen LogP contribution in [0.2, 0.25) is 0 Å². The van der Waals surface area contributed by atoms with Crippen LogP contribution in [0.1, 0.15) is 11.1 Å². The normalized spacial score (nSPS) is 14.4. The zero-order valence-electron chi connectivity index (χ0n) is 24.8. The molecule has 0 saturated heterocycles. The molecular weight excluding hydrogens is 1320 g/mol. The fourth-order valence-corrected chi connectivity index (χ4v) is 10.7. The van der Waals surface area contributed by atoms with Gasteiger partial charge in [0.1, 0.15) is 22.6 Å². The van der Waals surface area contributed by atoms with E-state index in [0.717, 1.165) is 87.6 Å². The second-order valence-corrected chi connectivity index (χ2v) is 19.8. The molecule has 0 aliphatic carbocycles. The van der Waals surface area contributed by atoms with E-state index in [-0.39, 0.29) is 0 Å². The first-order chi connectivity index (χ1) is 24.1. The maximum absolute atomic E-state index is 7.67. The summed E-state index contributed by atoms with van der Waals surface area (Å²) >= 11 is 22.1. The maximum Gasteiger partial charge on any atom is 0.499 e. The molecule has 0 amide bonds. The molecule has 6 nitrogen and oxygen atoms in total. The molecular formula is C36H12BClI6N6. The minimum absolute atomic E-state index is 0.627. The van der Waals surface area contributed by atoms with Gasteiger partial charge in [-0.15, -0.1) is 11.5 Å². The average molecular weight is 1340 g/mol. The molecule has 6 aromatic carbocycles. The molecule has 3 aliphatic heterocycles. The van der Waals surface area contributed by atoms with Crippen molar-refractivity contribution in [2.24, 2.45) is 20.0 Å². The van der Waals surface area contributed by atoms with Crippen LogP contribution in [-0.4, -0.2) is 27.0 Å². The highest BCUT2D eigenvalue weighted by atomic mass is 127. The molecule has 2 aromatic heterocycles. The minimum Gasteiger partial charge on any atom is -0.319 e. The Bertz CT molecular complexity index is 3200. The van der Waals surface area contributed by atoms with Gasteiger partial charge in [-0.05, 0) is 241 Å². The van der Waals surface area contributed by atoms with Crippen molar-refractivity contribution in [2.75, 3.05) is 0 Å². The van der Waals surface area contributed by atoms with Gasteiger partial charge in [-0.2, -0.15) is 0 Å². The van der Waals surface area contributed by atoms with Crippen LogP contribution >= 0.6 is 147 Å². The summed E-state index contributed by atoms with van der Waals surface area (Å²) in [6.07, 6.45) is -0.661. The topological polar surface area (TPSA) is 59.3 Å². The Hall–Kier alpha value is -1.15. The standard InChI is InChI=1S/C36H12BClI6N6/c38-37-49-33-21-3-15-9-27(41)29(43)11-17(15)5-23(21)35(49)48-36-24-6-18-12-30(44)28(42)10-16(18)4-22(24)34(50(36)37)47-32-20-2-14-8-26(40)25(39)7-13(14)1-19(20)31(45-32)46-33/h1-12H.